The number of carbonyl (C=O) groups is 2. The number of ether oxygens (including phenoxy) is 1. The highest BCUT2D eigenvalue weighted by atomic mass is 32.1. The molecule has 2 amide bonds. The SMILES string of the molecule is CC(C)C(=O)N1CCC[C@H]1c1nc2ccc(C#Cc3ccc(-c4cnc([C@@H]5CCCN5C(=O)OC(C)(C)C)[nH]4)cc3)cc2[nH]1.S.S.S. The Morgan fingerprint density at radius 1 is 0.872 bits per heavy atom. The van der Waals surface area contributed by atoms with Crippen LogP contribution >= 0.6 is 40.5 Å². The Balaban J connectivity index is 0.00000200. The lowest BCUT2D eigenvalue weighted by molar-refractivity contribution is -0.135. The van der Waals surface area contributed by atoms with E-state index in [-0.39, 0.29) is 70.5 Å². The van der Waals surface area contributed by atoms with Crippen molar-refractivity contribution in [3.8, 4) is 23.1 Å². The standard InChI is InChI=1S/C35H40N6O3.3H2S/c1-22(2)33(42)40-18-6-9-30(40)32-37-26-17-14-24(20-27(26)38-32)11-10-23-12-15-25(16-13-23)28-21-36-31(39-28)29-8-7-19-41(29)34(43)44-35(3,4)5;;;/h12-17,20-22,29-30H,6-9,18-19H2,1-5H3,(H,36,39)(H,37,38);3*1H2/t29-,30-;;;/m0.../s1. The van der Waals surface area contributed by atoms with E-state index in [4.69, 9.17) is 9.72 Å². The second-order valence-electron chi connectivity index (χ2n) is 13.0. The predicted molar refractivity (Wildman–Crippen MR) is 201 cm³/mol. The van der Waals surface area contributed by atoms with E-state index in [0.717, 1.165) is 77.3 Å². The molecule has 0 saturated carbocycles. The Kier molecular flexibility index (Phi) is 12.6. The number of benzene rings is 2. The van der Waals surface area contributed by atoms with Crippen molar-refractivity contribution in [3.63, 3.8) is 0 Å². The van der Waals surface area contributed by atoms with E-state index in [1.54, 1.807) is 4.90 Å². The Bertz CT molecular complexity index is 1750. The monoisotopic (exact) mass is 694 g/mol. The van der Waals surface area contributed by atoms with Crippen molar-refractivity contribution >= 4 is 63.5 Å². The van der Waals surface area contributed by atoms with E-state index in [1.165, 1.54) is 0 Å². The number of fused-ring (bicyclic) bond motifs is 1. The predicted octanol–water partition coefficient (Wildman–Crippen LogP) is 7.08. The number of amides is 2. The number of aromatic nitrogens is 4. The van der Waals surface area contributed by atoms with Gasteiger partial charge in [-0.25, -0.2) is 14.8 Å². The number of H-pyrrole nitrogens is 2. The fourth-order valence-electron chi connectivity index (χ4n) is 6.03. The first-order valence-electron chi connectivity index (χ1n) is 15.5. The molecule has 4 heterocycles. The van der Waals surface area contributed by atoms with Crippen LogP contribution in [0.4, 0.5) is 4.79 Å². The summed E-state index contributed by atoms with van der Waals surface area (Å²) in [5.41, 5.74) is 4.96. The summed E-state index contributed by atoms with van der Waals surface area (Å²) in [4.78, 5) is 45.4. The fraction of sp³-hybridized carbons (Fsp3) is 0.429. The van der Waals surface area contributed by atoms with Crippen molar-refractivity contribution in [2.45, 2.75) is 78.0 Å². The molecule has 2 aliphatic rings. The van der Waals surface area contributed by atoms with Crippen LogP contribution in [0.1, 0.15) is 95.2 Å². The molecular weight excluding hydrogens is 649 g/mol. The molecule has 2 N–H and O–H groups in total. The van der Waals surface area contributed by atoms with E-state index in [0.29, 0.717) is 6.54 Å². The van der Waals surface area contributed by atoms with Gasteiger partial charge in [-0.3, -0.25) is 9.69 Å². The van der Waals surface area contributed by atoms with Crippen molar-refractivity contribution in [1.82, 2.24) is 29.7 Å². The maximum Gasteiger partial charge on any atom is 0.410 e. The molecular formula is C35H46N6O3S3. The molecule has 0 bridgehead atoms. The Hall–Kier alpha value is -3.53. The van der Waals surface area contributed by atoms with E-state index in [2.05, 4.69) is 26.8 Å². The zero-order valence-corrected chi connectivity index (χ0v) is 30.6. The van der Waals surface area contributed by atoms with Crippen molar-refractivity contribution < 1.29 is 14.3 Å². The molecule has 2 aliphatic heterocycles. The van der Waals surface area contributed by atoms with Crippen LogP contribution in [0.5, 0.6) is 0 Å². The topological polar surface area (TPSA) is 107 Å². The van der Waals surface area contributed by atoms with Gasteiger partial charge in [0.1, 0.15) is 17.2 Å². The molecule has 4 aromatic rings. The highest BCUT2D eigenvalue weighted by molar-refractivity contribution is 7.59. The molecule has 252 valence electrons. The number of hydrogen-bond acceptors (Lipinski definition) is 5. The summed E-state index contributed by atoms with van der Waals surface area (Å²) in [5.74, 6) is 8.31. The van der Waals surface area contributed by atoms with Crippen molar-refractivity contribution in [1.29, 1.82) is 0 Å². The van der Waals surface area contributed by atoms with Crippen LogP contribution in [0.2, 0.25) is 0 Å². The number of imidazole rings is 2. The van der Waals surface area contributed by atoms with Crippen LogP contribution in [0.3, 0.4) is 0 Å². The third-order valence-electron chi connectivity index (χ3n) is 8.18. The normalized spacial score (nSPS) is 17.4. The third-order valence-corrected chi connectivity index (χ3v) is 8.18. The van der Waals surface area contributed by atoms with Gasteiger partial charge in [0.15, 0.2) is 0 Å². The lowest BCUT2D eigenvalue weighted by Gasteiger charge is -2.27. The first kappa shape index (κ1) is 37.9. The highest BCUT2D eigenvalue weighted by Crippen LogP contribution is 2.34. The zero-order valence-electron chi connectivity index (χ0n) is 27.6. The average Bonchev–Trinajstić information content (AvgIpc) is 3.80. The highest BCUT2D eigenvalue weighted by Gasteiger charge is 2.35. The van der Waals surface area contributed by atoms with Crippen molar-refractivity contribution in [2.75, 3.05) is 13.1 Å². The molecule has 2 atom stereocenters. The van der Waals surface area contributed by atoms with Crippen LogP contribution in [-0.2, 0) is 9.53 Å². The molecule has 2 saturated heterocycles. The lowest BCUT2D eigenvalue weighted by atomic mass is 10.1. The zero-order chi connectivity index (χ0) is 31.0. The number of nitrogens with zero attached hydrogens (tertiary/aromatic N) is 4. The van der Waals surface area contributed by atoms with Gasteiger partial charge in [-0.05, 0) is 82.3 Å². The van der Waals surface area contributed by atoms with Gasteiger partial charge in [0, 0.05) is 30.1 Å². The van der Waals surface area contributed by atoms with E-state index in [9.17, 15) is 9.59 Å². The minimum Gasteiger partial charge on any atom is -0.444 e. The summed E-state index contributed by atoms with van der Waals surface area (Å²) in [6.07, 6.45) is 5.20. The molecule has 0 unspecified atom stereocenters. The molecule has 9 nitrogen and oxygen atoms in total. The van der Waals surface area contributed by atoms with Crippen LogP contribution < -0.4 is 0 Å². The van der Waals surface area contributed by atoms with E-state index < -0.39 is 5.60 Å². The molecule has 2 fully saturated rings. The van der Waals surface area contributed by atoms with Gasteiger partial charge in [-0.1, -0.05) is 37.8 Å². The van der Waals surface area contributed by atoms with Crippen molar-refractivity contribution in [3.05, 3.63) is 71.4 Å². The Morgan fingerprint density at radius 2 is 1.49 bits per heavy atom. The molecule has 0 radical (unpaired) electrons. The summed E-state index contributed by atoms with van der Waals surface area (Å²) in [5, 5.41) is 0. The van der Waals surface area contributed by atoms with Gasteiger partial charge in [0.25, 0.3) is 0 Å². The molecule has 0 aliphatic carbocycles. The van der Waals surface area contributed by atoms with Crippen LogP contribution in [0.15, 0.2) is 48.7 Å². The van der Waals surface area contributed by atoms with Crippen molar-refractivity contribution in [2.24, 2.45) is 5.92 Å². The van der Waals surface area contributed by atoms with Gasteiger partial charge in [-0.15, -0.1) is 0 Å². The van der Waals surface area contributed by atoms with Gasteiger partial charge in [0.05, 0.1) is 35.0 Å². The number of carbonyl (C=O) groups excluding carboxylic acids is 2. The van der Waals surface area contributed by atoms with E-state index >= 15 is 0 Å². The number of aromatic amines is 2. The molecule has 0 spiro atoms. The molecule has 2 aromatic carbocycles. The largest absolute Gasteiger partial charge is 0.444 e. The Labute approximate surface area is 298 Å². The summed E-state index contributed by atoms with van der Waals surface area (Å²) in [6.45, 7) is 11.0. The minimum atomic E-state index is -0.536. The first-order valence-corrected chi connectivity index (χ1v) is 15.5. The van der Waals surface area contributed by atoms with Gasteiger partial charge in [0.2, 0.25) is 5.91 Å². The maximum absolute atomic E-state index is 12.7. The number of hydrogen-bond donors (Lipinski definition) is 2. The smallest absolute Gasteiger partial charge is 0.410 e. The van der Waals surface area contributed by atoms with E-state index in [1.807, 2.05) is 88.2 Å². The average molecular weight is 695 g/mol. The third kappa shape index (κ3) is 8.50. The molecule has 12 heteroatoms. The Morgan fingerprint density at radius 3 is 2.15 bits per heavy atom. The van der Waals surface area contributed by atoms with Crippen LogP contribution in [0, 0.1) is 17.8 Å². The summed E-state index contributed by atoms with van der Waals surface area (Å²) in [6, 6.07) is 13.9. The van der Waals surface area contributed by atoms with Gasteiger partial charge in [-0.2, -0.15) is 40.5 Å². The minimum absolute atomic E-state index is 0. The molecule has 2 aromatic heterocycles. The van der Waals surface area contributed by atoms with Gasteiger partial charge < -0.3 is 19.6 Å². The summed E-state index contributed by atoms with van der Waals surface area (Å²) >= 11 is 0. The fourth-order valence-corrected chi connectivity index (χ4v) is 6.03. The lowest BCUT2D eigenvalue weighted by Crippen LogP contribution is -2.36. The maximum atomic E-state index is 12.7. The molecule has 6 rings (SSSR count). The number of nitrogens with one attached hydrogen (secondary N) is 2. The second-order valence-corrected chi connectivity index (χ2v) is 13.0. The molecule has 47 heavy (non-hydrogen) atoms. The van der Waals surface area contributed by atoms with Crippen LogP contribution in [0.25, 0.3) is 22.3 Å². The number of likely N-dealkylation sites (tertiary alicyclic amines) is 2. The quantitative estimate of drug-likeness (QED) is 0.222. The van der Waals surface area contributed by atoms with Gasteiger partial charge >= 0.3 is 6.09 Å². The first-order chi connectivity index (χ1) is 21.1. The van der Waals surface area contributed by atoms with Crippen LogP contribution in [-0.4, -0.2) is 60.4 Å². The summed E-state index contributed by atoms with van der Waals surface area (Å²) < 4.78 is 5.61. The second kappa shape index (κ2) is 15.6. The summed E-state index contributed by atoms with van der Waals surface area (Å²) in [7, 11) is 0. The number of rotatable bonds is 4.